The molecule has 3 heteroatoms. The van der Waals surface area contributed by atoms with Crippen LogP contribution >= 0.6 is 0 Å². The van der Waals surface area contributed by atoms with Gasteiger partial charge in [0.15, 0.2) is 5.78 Å². The van der Waals surface area contributed by atoms with Gasteiger partial charge >= 0.3 is 0 Å². The van der Waals surface area contributed by atoms with E-state index in [1.54, 1.807) is 12.4 Å². The van der Waals surface area contributed by atoms with Gasteiger partial charge in [-0.05, 0) is 42.5 Å². The average molecular weight is 288 g/mol. The number of aromatic nitrogens is 2. The summed E-state index contributed by atoms with van der Waals surface area (Å²) >= 11 is 0. The molecular weight excluding hydrogens is 272 g/mol. The minimum Gasteiger partial charge on any atom is -0.294 e. The fraction of sp³-hybridized carbons (Fsp3) is 0.211. The molecule has 0 amide bonds. The second-order valence-corrected chi connectivity index (χ2v) is 5.88. The Balaban J connectivity index is 1.50. The number of carbonyl (C=O) groups is 1. The molecule has 4 rings (SSSR count). The number of fused-ring (bicyclic) bond motifs is 1. The molecule has 3 nitrogen and oxygen atoms in total. The highest BCUT2D eigenvalue weighted by Crippen LogP contribution is 2.48. The normalized spacial score (nSPS) is 21.9. The number of nitrogens with zero attached hydrogens (tertiary/aromatic N) is 2. The zero-order chi connectivity index (χ0) is 14.9. The molecule has 1 fully saturated rings. The van der Waals surface area contributed by atoms with Crippen LogP contribution in [0.5, 0.6) is 0 Å². The molecule has 0 spiro atoms. The van der Waals surface area contributed by atoms with Crippen LogP contribution in [0.3, 0.4) is 0 Å². The van der Waals surface area contributed by atoms with Crippen LogP contribution in [0.15, 0.2) is 66.5 Å². The summed E-state index contributed by atoms with van der Waals surface area (Å²) in [4.78, 5) is 21.0. The molecule has 0 radical (unpaired) electrons. The van der Waals surface area contributed by atoms with Gasteiger partial charge in [-0.2, -0.15) is 0 Å². The zero-order valence-corrected chi connectivity index (χ0v) is 12.1. The van der Waals surface area contributed by atoms with E-state index in [4.69, 9.17) is 0 Å². The molecule has 0 N–H and O–H groups in total. The minimum atomic E-state index is 0.146. The first-order valence-electron chi connectivity index (χ1n) is 7.59. The van der Waals surface area contributed by atoms with Crippen molar-refractivity contribution in [1.82, 2.24) is 9.97 Å². The fourth-order valence-corrected chi connectivity index (χ4v) is 3.00. The number of rotatable bonds is 4. The Morgan fingerprint density at radius 2 is 2.05 bits per heavy atom. The Labute approximate surface area is 129 Å². The van der Waals surface area contributed by atoms with Crippen LogP contribution < -0.4 is 0 Å². The lowest BCUT2D eigenvalue weighted by Gasteiger charge is -2.08. The van der Waals surface area contributed by atoms with Crippen molar-refractivity contribution in [2.45, 2.75) is 12.8 Å². The molecule has 0 aromatic carbocycles. The van der Waals surface area contributed by atoms with E-state index in [0.717, 1.165) is 11.4 Å². The highest BCUT2D eigenvalue weighted by molar-refractivity contribution is 5.97. The number of pyridine rings is 2. The summed E-state index contributed by atoms with van der Waals surface area (Å²) in [6.07, 6.45) is 11.5. The quantitative estimate of drug-likeness (QED) is 0.803. The van der Waals surface area contributed by atoms with Crippen LogP contribution in [-0.2, 0) is 0 Å². The van der Waals surface area contributed by atoms with E-state index in [0.29, 0.717) is 23.8 Å². The van der Waals surface area contributed by atoms with Crippen LogP contribution in [-0.4, -0.2) is 15.8 Å². The zero-order valence-electron chi connectivity index (χ0n) is 12.1. The summed E-state index contributed by atoms with van der Waals surface area (Å²) in [7, 11) is 0. The molecule has 2 unspecified atom stereocenters. The smallest absolute Gasteiger partial charge is 0.168 e. The molecule has 0 aliphatic heterocycles. The summed E-state index contributed by atoms with van der Waals surface area (Å²) in [6.45, 7) is 0. The second kappa shape index (κ2) is 5.34. The van der Waals surface area contributed by atoms with Crippen molar-refractivity contribution in [3.8, 4) is 11.4 Å². The fourth-order valence-electron chi connectivity index (χ4n) is 3.00. The monoisotopic (exact) mass is 288 g/mol. The van der Waals surface area contributed by atoms with Gasteiger partial charge in [-0.1, -0.05) is 29.9 Å². The van der Waals surface area contributed by atoms with Gasteiger partial charge < -0.3 is 0 Å². The molecule has 2 aromatic heterocycles. The van der Waals surface area contributed by atoms with Crippen LogP contribution in [0, 0.1) is 11.8 Å². The van der Waals surface area contributed by atoms with Crippen molar-refractivity contribution in [1.29, 1.82) is 0 Å². The maximum atomic E-state index is 12.4. The largest absolute Gasteiger partial charge is 0.294 e. The van der Waals surface area contributed by atoms with E-state index in [2.05, 4.69) is 28.2 Å². The van der Waals surface area contributed by atoms with Crippen molar-refractivity contribution in [3.63, 3.8) is 0 Å². The third-order valence-electron chi connectivity index (χ3n) is 4.36. The van der Waals surface area contributed by atoms with Crippen molar-refractivity contribution < 1.29 is 4.79 Å². The van der Waals surface area contributed by atoms with Crippen molar-refractivity contribution in [2.24, 2.45) is 11.8 Å². The second-order valence-electron chi connectivity index (χ2n) is 5.88. The Morgan fingerprint density at radius 3 is 2.82 bits per heavy atom. The number of Topliss-reactive ketones (excluding diaryl/α,β-unsaturated/α-hetero) is 1. The highest BCUT2D eigenvalue weighted by atomic mass is 16.1. The lowest BCUT2D eigenvalue weighted by atomic mass is 9.97. The molecule has 2 heterocycles. The molecule has 2 aliphatic rings. The van der Waals surface area contributed by atoms with E-state index in [9.17, 15) is 4.79 Å². The summed E-state index contributed by atoms with van der Waals surface area (Å²) in [5.41, 5.74) is 3.56. The van der Waals surface area contributed by atoms with E-state index >= 15 is 0 Å². The Hall–Kier alpha value is -2.55. The van der Waals surface area contributed by atoms with Crippen LogP contribution in [0.2, 0.25) is 0 Å². The van der Waals surface area contributed by atoms with Gasteiger partial charge in [0.1, 0.15) is 0 Å². The minimum absolute atomic E-state index is 0.146. The Kier molecular flexibility index (Phi) is 3.19. The first-order valence-corrected chi connectivity index (χ1v) is 7.59. The first kappa shape index (κ1) is 13.1. The molecule has 0 saturated heterocycles. The summed E-state index contributed by atoms with van der Waals surface area (Å²) in [5, 5.41) is 0. The third-order valence-corrected chi connectivity index (χ3v) is 4.36. The van der Waals surface area contributed by atoms with E-state index in [-0.39, 0.29) is 5.78 Å². The van der Waals surface area contributed by atoms with Crippen molar-refractivity contribution in [3.05, 3.63) is 72.1 Å². The van der Waals surface area contributed by atoms with Crippen molar-refractivity contribution in [2.75, 3.05) is 0 Å². The van der Waals surface area contributed by atoms with Gasteiger partial charge in [-0.3, -0.25) is 14.8 Å². The Bertz CT molecular complexity index is 760. The van der Waals surface area contributed by atoms with E-state index < -0.39 is 0 Å². The predicted molar refractivity (Wildman–Crippen MR) is 85.2 cm³/mol. The SMILES string of the molecule is O=C(CC1=CC=CC2CC12)c1ccc(-c2ccccn2)nc1. The standard InChI is InChI=1S/C19H16N2O/c22-19(11-14-5-3-4-13-10-16(13)14)15-7-8-18(21-12-15)17-6-1-2-9-20-17/h1-9,12-13,16H,10-11H2. The molecular formula is C19H16N2O. The number of ketones is 1. The van der Waals surface area contributed by atoms with Gasteiger partial charge in [0.2, 0.25) is 0 Å². The van der Waals surface area contributed by atoms with Gasteiger partial charge in [0.05, 0.1) is 11.4 Å². The molecule has 0 bridgehead atoms. The number of hydrogen-bond donors (Lipinski definition) is 0. The van der Waals surface area contributed by atoms with Gasteiger partial charge in [0, 0.05) is 24.4 Å². The van der Waals surface area contributed by atoms with Gasteiger partial charge in [-0.15, -0.1) is 0 Å². The maximum Gasteiger partial charge on any atom is 0.168 e. The maximum absolute atomic E-state index is 12.4. The Morgan fingerprint density at radius 1 is 1.14 bits per heavy atom. The van der Waals surface area contributed by atoms with Crippen LogP contribution in [0.25, 0.3) is 11.4 Å². The summed E-state index contributed by atoms with van der Waals surface area (Å²) in [5.74, 6) is 1.43. The summed E-state index contributed by atoms with van der Waals surface area (Å²) < 4.78 is 0. The van der Waals surface area contributed by atoms with Gasteiger partial charge in [-0.25, -0.2) is 0 Å². The van der Waals surface area contributed by atoms with Crippen molar-refractivity contribution >= 4 is 5.78 Å². The lowest BCUT2D eigenvalue weighted by molar-refractivity contribution is 0.0991. The first-order chi connectivity index (χ1) is 10.8. The van der Waals surface area contributed by atoms with Crippen LogP contribution in [0.1, 0.15) is 23.2 Å². The van der Waals surface area contributed by atoms with E-state index in [1.165, 1.54) is 12.0 Å². The molecule has 108 valence electrons. The predicted octanol–water partition coefficient (Wildman–Crippen LogP) is 3.85. The third kappa shape index (κ3) is 2.50. The number of allylic oxidation sites excluding steroid dienone is 4. The molecule has 2 aromatic rings. The topological polar surface area (TPSA) is 42.9 Å². The molecule has 1 saturated carbocycles. The average Bonchev–Trinajstić information content (AvgIpc) is 3.36. The van der Waals surface area contributed by atoms with Crippen LogP contribution in [0.4, 0.5) is 0 Å². The lowest BCUT2D eigenvalue weighted by Crippen LogP contribution is -2.04. The highest BCUT2D eigenvalue weighted by Gasteiger charge is 2.39. The number of carbonyl (C=O) groups excluding carboxylic acids is 1. The van der Waals surface area contributed by atoms with Gasteiger partial charge in [0.25, 0.3) is 0 Å². The van der Waals surface area contributed by atoms with E-state index in [1.807, 2.05) is 30.3 Å². The summed E-state index contributed by atoms with van der Waals surface area (Å²) in [6, 6.07) is 9.43. The molecule has 2 aliphatic carbocycles. The molecule has 2 atom stereocenters. The molecule has 22 heavy (non-hydrogen) atoms. The number of hydrogen-bond acceptors (Lipinski definition) is 3.